The number of hydrogen-bond donors (Lipinski definition) is 0. The summed E-state index contributed by atoms with van der Waals surface area (Å²) in [4.78, 5) is 3.50. The van der Waals surface area contributed by atoms with Crippen LogP contribution in [-0.4, -0.2) is 18.2 Å². The molecule has 2 rings (SSSR count). The largest absolute Gasteiger partial charge is 0.493 e. The van der Waals surface area contributed by atoms with Gasteiger partial charge in [0.15, 0.2) is 5.75 Å². The van der Waals surface area contributed by atoms with E-state index in [4.69, 9.17) is 9.47 Å². The summed E-state index contributed by atoms with van der Waals surface area (Å²) < 4.78 is 23.8. The molecule has 0 aliphatic heterocycles. The number of benzene rings is 1. The van der Waals surface area contributed by atoms with Crippen LogP contribution >= 0.6 is 0 Å². The molecular formula is C14H14FNO2. The normalized spacial score (nSPS) is 10.1. The van der Waals surface area contributed by atoms with Crippen LogP contribution in [0.25, 0.3) is 0 Å². The summed E-state index contributed by atoms with van der Waals surface area (Å²) in [6.07, 6.45) is 2.07. The van der Waals surface area contributed by atoms with E-state index in [9.17, 15) is 4.39 Å². The second-order valence-corrected chi connectivity index (χ2v) is 3.66. The van der Waals surface area contributed by atoms with Crippen molar-refractivity contribution in [2.45, 2.75) is 6.42 Å². The number of rotatable bonds is 6. The topological polar surface area (TPSA) is 31.4 Å². The lowest BCUT2D eigenvalue weighted by atomic mass is 10.3. The fraction of sp³-hybridized carbons (Fsp3) is 0.214. The van der Waals surface area contributed by atoms with Gasteiger partial charge in [0.2, 0.25) is 0 Å². The molecule has 4 heteroatoms. The highest BCUT2D eigenvalue weighted by Crippen LogP contribution is 2.13. The molecule has 0 fully saturated rings. The molecule has 0 aliphatic carbocycles. The zero-order chi connectivity index (χ0) is 12.6. The smallest absolute Gasteiger partial charge is 0.255 e. The summed E-state index contributed by atoms with van der Waals surface area (Å²) in [5.74, 6) is 0.420. The minimum Gasteiger partial charge on any atom is -0.493 e. The van der Waals surface area contributed by atoms with E-state index in [1.54, 1.807) is 12.1 Å². The number of ether oxygens (including phenoxy) is 2. The van der Waals surface area contributed by atoms with Gasteiger partial charge in [0.25, 0.3) is 5.95 Å². The molecule has 0 saturated carbocycles. The quantitative estimate of drug-likeness (QED) is 0.580. The molecule has 1 aromatic carbocycles. The van der Waals surface area contributed by atoms with Crippen LogP contribution in [0, 0.1) is 5.95 Å². The third-order valence-electron chi connectivity index (χ3n) is 2.28. The van der Waals surface area contributed by atoms with Crippen LogP contribution in [-0.2, 0) is 0 Å². The summed E-state index contributed by atoms with van der Waals surface area (Å²) in [5, 5.41) is 0. The Morgan fingerprint density at radius 2 is 1.72 bits per heavy atom. The predicted octanol–water partition coefficient (Wildman–Crippen LogP) is 3.07. The molecule has 0 aliphatic rings. The van der Waals surface area contributed by atoms with Gasteiger partial charge in [-0.2, -0.15) is 4.39 Å². The van der Waals surface area contributed by atoms with Crippen LogP contribution in [0.15, 0.2) is 48.7 Å². The molecule has 1 heterocycles. The minimum atomic E-state index is -0.582. The first-order valence-electron chi connectivity index (χ1n) is 5.77. The molecule has 94 valence electrons. The van der Waals surface area contributed by atoms with Gasteiger partial charge >= 0.3 is 0 Å². The second-order valence-electron chi connectivity index (χ2n) is 3.66. The number of halogens is 1. The first-order valence-corrected chi connectivity index (χ1v) is 5.77. The maximum absolute atomic E-state index is 13.1. The monoisotopic (exact) mass is 247 g/mol. The molecule has 3 nitrogen and oxygen atoms in total. The Kier molecular flexibility index (Phi) is 4.53. The SMILES string of the molecule is Fc1ncccc1OCCCOc1ccccc1. The molecular weight excluding hydrogens is 233 g/mol. The van der Waals surface area contributed by atoms with Gasteiger partial charge < -0.3 is 9.47 Å². The molecule has 0 bridgehead atoms. The highest BCUT2D eigenvalue weighted by molar-refractivity contribution is 5.20. The average Bonchev–Trinajstić information content (AvgIpc) is 2.42. The van der Waals surface area contributed by atoms with E-state index >= 15 is 0 Å². The second kappa shape index (κ2) is 6.59. The van der Waals surface area contributed by atoms with Gasteiger partial charge in [0, 0.05) is 12.6 Å². The van der Waals surface area contributed by atoms with Crippen LogP contribution in [0.4, 0.5) is 4.39 Å². The van der Waals surface area contributed by atoms with E-state index in [1.165, 1.54) is 6.20 Å². The van der Waals surface area contributed by atoms with Crippen molar-refractivity contribution in [3.05, 3.63) is 54.6 Å². The van der Waals surface area contributed by atoms with Crippen molar-refractivity contribution in [2.24, 2.45) is 0 Å². The number of para-hydroxylation sites is 1. The van der Waals surface area contributed by atoms with Crippen LogP contribution < -0.4 is 9.47 Å². The van der Waals surface area contributed by atoms with Crippen molar-refractivity contribution in [3.8, 4) is 11.5 Å². The molecule has 0 atom stereocenters. The van der Waals surface area contributed by atoms with Crippen LogP contribution in [0.1, 0.15) is 6.42 Å². The van der Waals surface area contributed by atoms with E-state index < -0.39 is 5.95 Å². The Labute approximate surface area is 105 Å². The molecule has 0 N–H and O–H groups in total. The zero-order valence-corrected chi connectivity index (χ0v) is 9.88. The minimum absolute atomic E-state index is 0.178. The number of pyridine rings is 1. The third kappa shape index (κ3) is 3.73. The maximum atomic E-state index is 13.1. The standard InChI is InChI=1S/C14H14FNO2/c15-14-13(8-4-9-16-14)18-11-5-10-17-12-6-2-1-3-7-12/h1-4,6-9H,5,10-11H2. The first-order chi connectivity index (χ1) is 8.86. The summed E-state index contributed by atoms with van der Waals surface area (Å²) in [5.41, 5.74) is 0. The Balaban J connectivity index is 1.66. The van der Waals surface area contributed by atoms with Gasteiger partial charge in [-0.15, -0.1) is 0 Å². The van der Waals surface area contributed by atoms with Crippen molar-refractivity contribution >= 4 is 0 Å². The van der Waals surface area contributed by atoms with Crippen molar-refractivity contribution in [1.82, 2.24) is 4.98 Å². The molecule has 18 heavy (non-hydrogen) atoms. The van der Waals surface area contributed by atoms with E-state index in [0.717, 1.165) is 5.75 Å². The van der Waals surface area contributed by atoms with E-state index in [1.807, 2.05) is 30.3 Å². The Hall–Kier alpha value is -2.10. The molecule has 0 radical (unpaired) electrons. The molecule has 0 saturated heterocycles. The van der Waals surface area contributed by atoms with Gasteiger partial charge in [0.1, 0.15) is 5.75 Å². The van der Waals surface area contributed by atoms with Gasteiger partial charge in [-0.05, 0) is 24.3 Å². The van der Waals surface area contributed by atoms with Crippen LogP contribution in [0.3, 0.4) is 0 Å². The third-order valence-corrected chi connectivity index (χ3v) is 2.28. The van der Waals surface area contributed by atoms with Gasteiger partial charge in [-0.3, -0.25) is 0 Å². The van der Waals surface area contributed by atoms with E-state index in [-0.39, 0.29) is 5.75 Å². The van der Waals surface area contributed by atoms with Crippen LogP contribution in [0.2, 0.25) is 0 Å². The van der Waals surface area contributed by atoms with E-state index in [2.05, 4.69) is 4.98 Å². The number of nitrogens with zero attached hydrogens (tertiary/aromatic N) is 1. The van der Waals surface area contributed by atoms with Gasteiger partial charge in [-0.1, -0.05) is 18.2 Å². The molecule has 0 spiro atoms. The van der Waals surface area contributed by atoms with Crippen molar-refractivity contribution in [3.63, 3.8) is 0 Å². The number of hydrogen-bond acceptors (Lipinski definition) is 3. The fourth-order valence-corrected chi connectivity index (χ4v) is 1.43. The maximum Gasteiger partial charge on any atom is 0.255 e. The predicted molar refractivity (Wildman–Crippen MR) is 66.2 cm³/mol. The lowest BCUT2D eigenvalue weighted by Gasteiger charge is -2.07. The lowest BCUT2D eigenvalue weighted by molar-refractivity contribution is 0.239. The molecule has 2 aromatic rings. The summed E-state index contributed by atoms with van der Waals surface area (Å²) >= 11 is 0. The highest BCUT2D eigenvalue weighted by atomic mass is 19.1. The van der Waals surface area contributed by atoms with E-state index in [0.29, 0.717) is 19.6 Å². The van der Waals surface area contributed by atoms with Crippen molar-refractivity contribution < 1.29 is 13.9 Å². The summed E-state index contributed by atoms with van der Waals surface area (Å²) in [7, 11) is 0. The van der Waals surface area contributed by atoms with Gasteiger partial charge in [-0.25, -0.2) is 4.98 Å². The first kappa shape index (κ1) is 12.4. The average molecular weight is 247 g/mol. The molecule has 0 unspecified atom stereocenters. The zero-order valence-electron chi connectivity index (χ0n) is 9.88. The summed E-state index contributed by atoms with van der Waals surface area (Å²) in [6.45, 7) is 0.932. The number of aromatic nitrogens is 1. The Bertz CT molecular complexity index is 476. The fourth-order valence-electron chi connectivity index (χ4n) is 1.43. The van der Waals surface area contributed by atoms with Crippen molar-refractivity contribution in [2.75, 3.05) is 13.2 Å². The Morgan fingerprint density at radius 1 is 0.944 bits per heavy atom. The lowest BCUT2D eigenvalue weighted by Crippen LogP contribution is -2.06. The summed E-state index contributed by atoms with van der Waals surface area (Å²) in [6, 6.07) is 12.7. The molecule has 1 aromatic heterocycles. The molecule has 0 amide bonds. The van der Waals surface area contributed by atoms with Gasteiger partial charge in [0.05, 0.1) is 13.2 Å². The van der Waals surface area contributed by atoms with Crippen LogP contribution in [0.5, 0.6) is 11.5 Å². The van der Waals surface area contributed by atoms with Crippen molar-refractivity contribution in [1.29, 1.82) is 0 Å². The Morgan fingerprint density at radius 3 is 2.50 bits per heavy atom. The highest BCUT2D eigenvalue weighted by Gasteiger charge is 2.02.